The maximum atomic E-state index is 12.0. The van der Waals surface area contributed by atoms with Gasteiger partial charge in [0.15, 0.2) is 0 Å². The summed E-state index contributed by atoms with van der Waals surface area (Å²) in [6.07, 6.45) is -0.950. The first kappa shape index (κ1) is 14.2. The number of nitrogens with one attached hydrogen (secondary N) is 1. The fourth-order valence-electron chi connectivity index (χ4n) is 2.42. The van der Waals surface area contributed by atoms with Gasteiger partial charge in [-0.2, -0.15) is 13.2 Å². The van der Waals surface area contributed by atoms with Crippen molar-refractivity contribution in [1.29, 1.82) is 0 Å². The number of ether oxygens (including phenoxy) is 1. The van der Waals surface area contributed by atoms with Crippen LogP contribution in [0.15, 0.2) is 18.3 Å². The van der Waals surface area contributed by atoms with E-state index < -0.39 is 12.8 Å². The molecule has 1 aromatic heterocycles. The molecule has 0 aliphatic heterocycles. The molecule has 0 radical (unpaired) electrons. The number of pyridine rings is 1. The van der Waals surface area contributed by atoms with Crippen molar-refractivity contribution in [3.63, 3.8) is 0 Å². The average molecular weight is 275 g/mol. The second kappa shape index (κ2) is 5.85. The predicted molar refractivity (Wildman–Crippen MR) is 63.3 cm³/mol. The van der Waals surface area contributed by atoms with Crippen LogP contribution in [0.3, 0.4) is 0 Å². The number of fused-ring (bicyclic) bond motifs is 1. The van der Waals surface area contributed by atoms with E-state index in [9.17, 15) is 13.2 Å². The van der Waals surface area contributed by atoms with Crippen LogP contribution in [0.2, 0.25) is 0 Å². The molecule has 4 nitrogen and oxygen atoms in total. The Kier molecular flexibility index (Phi) is 4.38. The normalized spacial score (nSPS) is 20.3. The first-order chi connectivity index (χ1) is 9.01. The van der Waals surface area contributed by atoms with Crippen LogP contribution in [0.4, 0.5) is 13.2 Å². The van der Waals surface area contributed by atoms with E-state index in [1.807, 2.05) is 12.1 Å². The first-order valence-electron chi connectivity index (χ1n) is 6.05. The summed E-state index contributed by atoms with van der Waals surface area (Å²) in [4.78, 5) is 4.29. The van der Waals surface area contributed by atoms with Gasteiger partial charge in [-0.1, -0.05) is 6.07 Å². The molecule has 2 atom stereocenters. The number of hydrogen-bond acceptors (Lipinski definition) is 4. The van der Waals surface area contributed by atoms with E-state index in [4.69, 9.17) is 5.84 Å². The highest BCUT2D eigenvalue weighted by Crippen LogP contribution is 2.33. The van der Waals surface area contributed by atoms with E-state index in [-0.39, 0.29) is 18.6 Å². The number of nitrogens with zero attached hydrogens (tertiary/aromatic N) is 1. The lowest BCUT2D eigenvalue weighted by Gasteiger charge is -2.23. The standard InChI is InChI=1S/C12H16F3N3O/c13-12(14,15)7-19-6-10(18-16)9-4-3-8-2-1-5-17-11(8)9/h1-2,5,9-10,18H,3-4,6-7,16H2. The van der Waals surface area contributed by atoms with Crippen LogP contribution < -0.4 is 11.3 Å². The zero-order chi connectivity index (χ0) is 13.9. The minimum Gasteiger partial charge on any atom is -0.370 e. The highest BCUT2D eigenvalue weighted by Gasteiger charge is 2.32. The van der Waals surface area contributed by atoms with Crippen molar-refractivity contribution in [3.05, 3.63) is 29.6 Å². The number of aryl methyl sites for hydroxylation is 1. The van der Waals surface area contributed by atoms with Crippen molar-refractivity contribution in [2.45, 2.75) is 31.0 Å². The molecule has 7 heteroatoms. The molecule has 3 N–H and O–H groups in total. The summed E-state index contributed by atoms with van der Waals surface area (Å²) < 4.78 is 40.8. The molecule has 19 heavy (non-hydrogen) atoms. The fraction of sp³-hybridized carbons (Fsp3) is 0.583. The molecule has 0 saturated carbocycles. The second-order valence-corrected chi connectivity index (χ2v) is 4.60. The van der Waals surface area contributed by atoms with Crippen LogP contribution >= 0.6 is 0 Å². The van der Waals surface area contributed by atoms with E-state index >= 15 is 0 Å². The molecule has 0 bridgehead atoms. The summed E-state index contributed by atoms with van der Waals surface area (Å²) in [5.74, 6) is 5.42. The van der Waals surface area contributed by atoms with Gasteiger partial charge in [0.25, 0.3) is 0 Å². The summed E-state index contributed by atoms with van der Waals surface area (Å²) in [7, 11) is 0. The fourth-order valence-corrected chi connectivity index (χ4v) is 2.42. The monoisotopic (exact) mass is 275 g/mol. The average Bonchev–Trinajstić information content (AvgIpc) is 2.77. The Bertz CT molecular complexity index is 425. The van der Waals surface area contributed by atoms with E-state index in [1.165, 1.54) is 0 Å². The van der Waals surface area contributed by atoms with Crippen LogP contribution in [0.25, 0.3) is 0 Å². The molecule has 2 unspecified atom stereocenters. The molecule has 1 aliphatic rings. The van der Waals surface area contributed by atoms with E-state index in [2.05, 4.69) is 15.1 Å². The highest BCUT2D eigenvalue weighted by molar-refractivity contribution is 5.29. The molecule has 106 valence electrons. The molecule has 1 aliphatic carbocycles. The second-order valence-electron chi connectivity index (χ2n) is 4.60. The van der Waals surface area contributed by atoms with Crippen molar-refractivity contribution >= 4 is 0 Å². The molecule has 0 spiro atoms. The number of halogens is 3. The topological polar surface area (TPSA) is 60.2 Å². The number of hydrogen-bond donors (Lipinski definition) is 2. The molecule has 2 rings (SSSR count). The van der Waals surface area contributed by atoms with Crippen LogP contribution in [-0.4, -0.2) is 30.4 Å². The van der Waals surface area contributed by atoms with Crippen LogP contribution in [0, 0.1) is 0 Å². The zero-order valence-corrected chi connectivity index (χ0v) is 10.3. The molecule has 0 amide bonds. The number of alkyl halides is 3. The maximum Gasteiger partial charge on any atom is 0.411 e. The number of nitrogens with two attached hydrogens (primary N) is 1. The van der Waals surface area contributed by atoms with Crippen molar-refractivity contribution in [2.75, 3.05) is 13.2 Å². The van der Waals surface area contributed by atoms with Gasteiger partial charge in [-0.05, 0) is 24.5 Å². The molecule has 1 heterocycles. The van der Waals surface area contributed by atoms with Crippen molar-refractivity contribution in [1.82, 2.24) is 10.4 Å². The maximum absolute atomic E-state index is 12.0. The Labute approximate surface area is 109 Å². The van der Waals surface area contributed by atoms with E-state index in [1.54, 1.807) is 6.20 Å². The lowest BCUT2D eigenvalue weighted by Crippen LogP contribution is -2.43. The Balaban J connectivity index is 1.96. The molecule has 0 aromatic carbocycles. The minimum atomic E-state index is -4.31. The molecule has 1 aromatic rings. The van der Waals surface area contributed by atoms with Crippen molar-refractivity contribution < 1.29 is 17.9 Å². The van der Waals surface area contributed by atoms with Crippen molar-refractivity contribution in [3.8, 4) is 0 Å². The van der Waals surface area contributed by atoms with Gasteiger partial charge in [0.2, 0.25) is 0 Å². The summed E-state index contributed by atoms with van der Waals surface area (Å²) in [5, 5.41) is 0. The first-order valence-corrected chi connectivity index (χ1v) is 6.05. The summed E-state index contributed by atoms with van der Waals surface area (Å²) in [6, 6.07) is 3.47. The van der Waals surface area contributed by atoms with Gasteiger partial charge in [0.1, 0.15) is 6.61 Å². The summed E-state index contributed by atoms with van der Waals surface area (Å²) in [6.45, 7) is -1.34. The smallest absolute Gasteiger partial charge is 0.370 e. The highest BCUT2D eigenvalue weighted by atomic mass is 19.4. The van der Waals surface area contributed by atoms with Gasteiger partial charge >= 0.3 is 6.18 Å². The molecule has 0 fully saturated rings. The van der Waals surface area contributed by atoms with Gasteiger partial charge in [-0.15, -0.1) is 0 Å². The molecular formula is C12H16F3N3O. The lowest BCUT2D eigenvalue weighted by molar-refractivity contribution is -0.175. The van der Waals surface area contributed by atoms with Gasteiger partial charge in [-0.25, -0.2) is 0 Å². The van der Waals surface area contributed by atoms with Crippen LogP contribution in [0.5, 0.6) is 0 Å². The Hall–Kier alpha value is -1.18. The Morgan fingerprint density at radius 2 is 2.32 bits per heavy atom. The van der Waals surface area contributed by atoms with Gasteiger partial charge in [0.05, 0.1) is 12.6 Å². The summed E-state index contributed by atoms with van der Waals surface area (Å²) >= 11 is 0. The van der Waals surface area contributed by atoms with Gasteiger partial charge in [0, 0.05) is 17.8 Å². The van der Waals surface area contributed by atoms with Gasteiger partial charge < -0.3 is 4.74 Å². The molecular weight excluding hydrogens is 259 g/mol. The Morgan fingerprint density at radius 3 is 3.00 bits per heavy atom. The lowest BCUT2D eigenvalue weighted by atomic mass is 9.98. The van der Waals surface area contributed by atoms with Gasteiger partial charge in [-0.3, -0.25) is 16.3 Å². The third kappa shape index (κ3) is 3.65. The number of hydrazine groups is 1. The quantitative estimate of drug-likeness (QED) is 0.632. The largest absolute Gasteiger partial charge is 0.411 e. The SMILES string of the molecule is NNC(COCC(F)(F)F)C1CCc2cccnc21. The zero-order valence-electron chi connectivity index (χ0n) is 10.3. The van der Waals surface area contributed by atoms with E-state index in [0.717, 1.165) is 24.1 Å². The molecule has 0 saturated heterocycles. The number of aromatic nitrogens is 1. The third-order valence-electron chi connectivity index (χ3n) is 3.26. The summed E-state index contributed by atoms with van der Waals surface area (Å²) in [5.41, 5.74) is 4.57. The predicted octanol–water partition coefficient (Wildman–Crippen LogP) is 1.52. The van der Waals surface area contributed by atoms with Crippen LogP contribution in [-0.2, 0) is 11.2 Å². The third-order valence-corrected chi connectivity index (χ3v) is 3.26. The number of rotatable bonds is 5. The van der Waals surface area contributed by atoms with E-state index in [0.29, 0.717) is 0 Å². The van der Waals surface area contributed by atoms with Crippen molar-refractivity contribution in [2.24, 2.45) is 5.84 Å². The Morgan fingerprint density at radius 1 is 1.53 bits per heavy atom. The van der Waals surface area contributed by atoms with Crippen LogP contribution in [0.1, 0.15) is 23.6 Å². The minimum absolute atomic E-state index is 0.00515.